The van der Waals surface area contributed by atoms with Gasteiger partial charge in [-0.15, -0.1) is 0 Å². The lowest BCUT2D eigenvalue weighted by Gasteiger charge is -2.35. The summed E-state index contributed by atoms with van der Waals surface area (Å²) in [6.07, 6.45) is 1.33. The van der Waals surface area contributed by atoms with Crippen LogP contribution in [0.1, 0.15) is 6.42 Å². The predicted octanol–water partition coefficient (Wildman–Crippen LogP) is -0.328. The van der Waals surface area contributed by atoms with Crippen LogP contribution in [-0.4, -0.2) is 138 Å². The van der Waals surface area contributed by atoms with Gasteiger partial charge in [0.2, 0.25) is 0 Å². The van der Waals surface area contributed by atoms with Crippen LogP contribution in [0.2, 0.25) is 0 Å². The summed E-state index contributed by atoms with van der Waals surface area (Å²) in [5, 5.41) is 0. The minimum absolute atomic E-state index is 0.737. The highest BCUT2D eigenvalue weighted by molar-refractivity contribution is 4.99. The van der Waals surface area contributed by atoms with Crippen molar-refractivity contribution < 1.29 is 14.2 Å². The number of nitrogens with zero attached hydrogens (tertiary/aromatic N) is 4. The van der Waals surface area contributed by atoms with E-state index >= 15 is 0 Å². The number of hydrogen-bond donors (Lipinski definition) is 0. The lowest BCUT2D eigenvalue weighted by Crippen LogP contribution is -2.48. The van der Waals surface area contributed by atoms with E-state index in [1.165, 1.54) is 19.5 Å². The molecular formula is C19H38N4O3. The molecule has 0 aromatic heterocycles. The zero-order chi connectivity index (χ0) is 18.2. The van der Waals surface area contributed by atoms with Gasteiger partial charge in [-0.25, -0.2) is 0 Å². The van der Waals surface area contributed by atoms with Crippen molar-refractivity contribution in [2.24, 2.45) is 0 Å². The molecule has 0 aromatic rings. The van der Waals surface area contributed by atoms with Crippen molar-refractivity contribution in [3.05, 3.63) is 0 Å². The van der Waals surface area contributed by atoms with E-state index in [2.05, 4.69) is 19.6 Å². The fourth-order valence-electron chi connectivity index (χ4n) is 4.52. The molecule has 0 aliphatic carbocycles. The van der Waals surface area contributed by atoms with Crippen LogP contribution in [0.25, 0.3) is 0 Å². The van der Waals surface area contributed by atoms with Crippen molar-refractivity contribution in [3.63, 3.8) is 0 Å². The summed E-state index contributed by atoms with van der Waals surface area (Å²) >= 11 is 0. The summed E-state index contributed by atoms with van der Waals surface area (Å²) in [6.45, 7) is 14.7. The first-order valence-corrected chi connectivity index (χ1v) is 10.3. The molecule has 2 bridgehead atoms. The number of rotatable bonds is 12. The average molecular weight is 371 g/mol. The normalized spacial score (nSPS) is 28.4. The highest BCUT2D eigenvalue weighted by atomic mass is 16.5. The van der Waals surface area contributed by atoms with Crippen LogP contribution in [0.5, 0.6) is 0 Å². The Kier molecular flexibility index (Phi) is 8.58. The van der Waals surface area contributed by atoms with E-state index in [0.29, 0.717) is 0 Å². The van der Waals surface area contributed by atoms with Gasteiger partial charge in [0.15, 0.2) is 0 Å². The number of likely N-dealkylation sites (tertiary alicyclic amines) is 2. The van der Waals surface area contributed by atoms with E-state index in [4.69, 9.17) is 14.2 Å². The molecule has 7 nitrogen and oxygen atoms in total. The van der Waals surface area contributed by atoms with Crippen LogP contribution in [0, 0.1) is 0 Å². The van der Waals surface area contributed by atoms with Gasteiger partial charge in [0.25, 0.3) is 0 Å². The van der Waals surface area contributed by atoms with Gasteiger partial charge in [-0.05, 0) is 6.42 Å². The second-order valence-corrected chi connectivity index (χ2v) is 7.81. The minimum atomic E-state index is 0.737. The van der Waals surface area contributed by atoms with E-state index in [0.717, 1.165) is 90.9 Å². The van der Waals surface area contributed by atoms with Crippen LogP contribution in [-0.2, 0) is 14.2 Å². The maximum Gasteiger partial charge on any atom is 0.0594 e. The first-order valence-electron chi connectivity index (χ1n) is 10.3. The van der Waals surface area contributed by atoms with E-state index in [1.54, 1.807) is 14.2 Å². The van der Waals surface area contributed by atoms with Gasteiger partial charge in [-0.2, -0.15) is 0 Å². The second kappa shape index (κ2) is 10.9. The van der Waals surface area contributed by atoms with Crippen LogP contribution in [0.15, 0.2) is 0 Å². The Balaban J connectivity index is 1.19. The van der Waals surface area contributed by atoms with Crippen LogP contribution in [0.3, 0.4) is 0 Å². The zero-order valence-electron chi connectivity index (χ0n) is 16.8. The molecule has 3 saturated heterocycles. The minimum Gasteiger partial charge on any atom is -0.383 e. The van der Waals surface area contributed by atoms with Crippen molar-refractivity contribution >= 4 is 0 Å². The molecule has 0 saturated carbocycles. The van der Waals surface area contributed by atoms with Gasteiger partial charge in [-0.1, -0.05) is 0 Å². The van der Waals surface area contributed by atoms with E-state index in [-0.39, 0.29) is 0 Å². The lowest BCUT2D eigenvalue weighted by molar-refractivity contribution is 0.0443. The molecule has 26 heavy (non-hydrogen) atoms. The first kappa shape index (κ1) is 20.5. The largest absolute Gasteiger partial charge is 0.383 e. The molecule has 3 aliphatic heterocycles. The van der Waals surface area contributed by atoms with Gasteiger partial charge in [0.1, 0.15) is 0 Å². The molecule has 2 atom stereocenters. The highest BCUT2D eigenvalue weighted by Crippen LogP contribution is 2.29. The van der Waals surface area contributed by atoms with Crippen LogP contribution >= 0.6 is 0 Å². The summed E-state index contributed by atoms with van der Waals surface area (Å²) in [5.41, 5.74) is 0. The third-order valence-electron chi connectivity index (χ3n) is 6.20. The third-order valence-corrected chi connectivity index (χ3v) is 6.20. The summed E-state index contributed by atoms with van der Waals surface area (Å²) in [4.78, 5) is 10.2. The van der Waals surface area contributed by atoms with Gasteiger partial charge in [0.05, 0.1) is 26.4 Å². The molecule has 0 aromatic carbocycles. The molecule has 0 spiro atoms. The monoisotopic (exact) mass is 370 g/mol. The molecule has 0 unspecified atom stereocenters. The highest BCUT2D eigenvalue weighted by Gasteiger charge is 2.42. The number of piperazine rings is 2. The smallest absolute Gasteiger partial charge is 0.0594 e. The molecule has 152 valence electrons. The van der Waals surface area contributed by atoms with Crippen LogP contribution in [0.4, 0.5) is 0 Å². The molecule has 3 rings (SSSR count). The van der Waals surface area contributed by atoms with Crippen LogP contribution < -0.4 is 0 Å². The fourth-order valence-corrected chi connectivity index (χ4v) is 4.52. The Morgan fingerprint density at radius 2 is 1.12 bits per heavy atom. The summed E-state index contributed by atoms with van der Waals surface area (Å²) in [6, 6.07) is 1.48. The summed E-state index contributed by atoms with van der Waals surface area (Å²) < 4.78 is 16.3. The average Bonchev–Trinajstić information content (AvgIpc) is 3.25. The Hall–Kier alpha value is -0.280. The maximum atomic E-state index is 5.94. The second-order valence-electron chi connectivity index (χ2n) is 7.81. The quantitative estimate of drug-likeness (QED) is 0.436. The Labute approximate surface area is 159 Å². The number of ether oxygens (including phenoxy) is 3. The van der Waals surface area contributed by atoms with Gasteiger partial charge >= 0.3 is 0 Å². The van der Waals surface area contributed by atoms with Gasteiger partial charge in [0, 0.05) is 91.8 Å². The predicted molar refractivity (Wildman–Crippen MR) is 103 cm³/mol. The summed E-state index contributed by atoms with van der Waals surface area (Å²) in [7, 11) is 3.57. The first-order chi connectivity index (χ1) is 12.8. The van der Waals surface area contributed by atoms with Crippen molar-refractivity contribution in [2.45, 2.75) is 18.5 Å². The Bertz CT molecular complexity index is 393. The molecule has 0 amide bonds. The van der Waals surface area contributed by atoms with Crippen molar-refractivity contribution in [2.75, 3.05) is 106 Å². The number of fused-ring (bicyclic) bond motifs is 2. The molecule has 3 heterocycles. The third kappa shape index (κ3) is 5.86. The Morgan fingerprint density at radius 1 is 0.654 bits per heavy atom. The molecule has 0 radical (unpaired) electrons. The molecule has 7 heteroatoms. The zero-order valence-corrected chi connectivity index (χ0v) is 16.8. The summed E-state index contributed by atoms with van der Waals surface area (Å²) in [5.74, 6) is 0. The molecular weight excluding hydrogens is 332 g/mol. The van der Waals surface area contributed by atoms with Crippen molar-refractivity contribution in [1.29, 1.82) is 0 Å². The molecule has 3 aliphatic rings. The number of methoxy groups -OCH3 is 2. The van der Waals surface area contributed by atoms with Gasteiger partial charge in [-0.3, -0.25) is 19.6 Å². The Morgan fingerprint density at radius 3 is 1.65 bits per heavy atom. The molecule has 0 N–H and O–H groups in total. The van der Waals surface area contributed by atoms with E-state index in [9.17, 15) is 0 Å². The maximum absolute atomic E-state index is 5.94. The lowest BCUT2D eigenvalue weighted by atomic mass is 10.2. The topological polar surface area (TPSA) is 40.7 Å². The van der Waals surface area contributed by atoms with Crippen molar-refractivity contribution in [1.82, 2.24) is 19.6 Å². The van der Waals surface area contributed by atoms with Gasteiger partial charge < -0.3 is 14.2 Å². The number of hydrogen-bond acceptors (Lipinski definition) is 7. The van der Waals surface area contributed by atoms with E-state index in [1.807, 2.05) is 0 Å². The van der Waals surface area contributed by atoms with E-state index < -0.39 is 0 Å². The molecule has 3 fully saturated rings. The van der Waals surface area contributed by atoms with Crippen molar-refractivity contribution in [3.8, 4) is 0 Å². The SMILES string of the molecule is COCCN1CCN(CCOCCN2C[C@@H]3C[C@H]2CN3CCOC)CC1. The standard InChI is InChI=1S/C19H38N4O3/c1-24-11-7-20-3-5-21(6-4-20)8-13-26-14-10-23-17-18-15-19(23)16-22(18)9-12-25-2/h18-19H,3-17H2,1-2H3/t18-,19-/m0/s1. The fraction of sp³-hybridized carbons (Fsp3) is 1.00.